The van der Waals surface area contributed by atoms with Crippen molar-refractivity contribution in [1.29, 1.82) is 0 Å². The van der Waals surface area contributed by atoms with Gasteiger partial charge in [-0.1, -0.05) is 56.2 Å². The number of aryl methyl sites for hydroxylation is 3. The highest BCUT2D eigenvalue weighted by Gasteiger charge is 2.38. The lowest BCUT2D eigenvalue weighted by molar-refractivity contribution is -0.142. The van der Waals surface area contributed by atoms with Crippen LogP contribution in [0.4, 0.5) is 10.5 Å². The lowest BCUT2D eigenvalue weighted by Crippen LogP contribution is -2.54. The largest absolute Gasteiger partial charge is 0.444 e. The molecular formula is C31H44N4O5. The van der Waals surface area contributed by atoms with Gasteiger partial charge in [-0.25, -0.2) is 4.79 Å². The Morgan fingerprint density at radius 3 is 2.08 bits per heavy atom. The fraction of sp³-hybridized carbons (Fsp3) is 0.484. The molecule has 2 aromatic carbocycles. The van der Waals surface area contributed by atoms with E-state index in [0.29, 0.717) is 17.7 Å². The second-order valence-electron chi connectivity index (χ2n) is 11.1. The van der Waals surface area contributed by atoms with Crippen molar-refractivity contribution in [3.05, 3.63) is 64.7 Å². The Labute approximate surface area is 237 Å². The molecule has 0 aromatic heterocycles. The summed E-state index contributed by atoms with van der Waals surface area (Å²) in [5, 5.41) is 5.53. The van der Waals surface area contributed by atoms with Gasteiger partial charge in [-0.15, -0.1) is 0 Å². The van der Waals surface area contributed by atoms with Crippen LogP contribution in [-0.4, -0.2) is 46.9 Å². The Morgan fingerprint density at radius 2 is 1.52 bits per heavy atom. The number of anilines is 1. The van der Waals surface area contributed by atoms with E-state index in [2.05, 4.69) is 10.6 Å². The maximum Gasteiger partial charge on any atom is 0.408 e. The summed E-state index contributed by atoms with van der Waals surface area (Å²) in [7, 11) is 0. The van der Waals surface area contributed by atoms with Crippen molar-refractivity contribution in [2.24, 2.45) is 5.73 Å². The van der Waals surface area contributed by atoms with Gasteiger partial charge in [-0.3, -0.25) is 14.4 Å². The molecule has 218 valence electrons. The number of ether oxygens (including phenoxy) is 1. The maximum absolute atomic E-state index is 14.2. The highest BCUT2D eigenvalue weighted by Crippen LogP contribution is 2.31. The maximum atomic E-state index is 14.2. The first kappa shape index (κ1) is 32.3. The minimum absolute atomic E-state index is 0.234. The van der Waals surface area contributed by atoms with Crippen molar-refractivity contribution in [2.75, 3.05) is 11.9 Å². The molecule has 2 aromatic rings. The number of nitrogens with one attached hydrogen (secondary N) is 2. The smallest absolute Gasteiger partial charge is 0.408 e. The number of hydrogen-bond acceptors (Lipinski definition) is 5. The monoisotopic (exact) mass is 552 g/mol. The van der Waals surface area contributed by atoms with Crippen molar-refractivity contribution in [2.45, 2.75) is 91.8 Å². The van der Waals surface area contributed by atoms with E-state index in [1.54, 1.807) is 26.8 Å². The Hall–Kier alpha value is -3.88. The molecule has 0 saturated carbocycles. The number of amides is 4. The van der Waals surface area contributed by atoms with E-state index in [1.165, 1.54) is 4.90 Å². The minimum Gasteiger partial charge on any atom is -0.444 e. The van der Waals surface area contributed by atoms with Crippen molar-refractivity contribution in [3.63, 3.8) is 0 Å². The first-order chi connectivity index (χ1) is 18.7. The third-order valence-corrected chi connectivity index (χ3v) is 6.46. The van der Waals surface area contributed by atoms with E-state index >= 15 is 0 Å². The molecule has 0 heterocycles. The second-order valence-corrected chi connectivity index (χ2v) is 11.1. The predicted octanol–water partition coefficient (Wildman–Crippen LogP) is 5.08. The summed E-state index contributed by atoms with van der Waals surface area (Å²) in [6, 6.07) is 10.7. The van der Waals surface area contributed by atoms with Crippen LogP contribution in [0.25, 0.3) is 0 Å². The molecule has 2 unspecified atom stereocenters. The number of nitrogens with zero attached hydrogens (tertiary/aromatic N) is 1. The molecule has 0 saturated heterocycles. The van der Waals surface area contributed by atoms with Crippen molar-refractivity contribution < 1.29 is 23.9 Å². The summed E-state index contributed by atoms with van der Waals surface area (Å²) in [6.45, 7) is 13.0. The van der Waals surface area contributed by atoms with E-state index in [1.807, 2.05) is 64.1 Å². The number of hydrogen-bond donors (Lipinski definition) is 3. The highest BCUT2D eigenvalue weighted by atomic mass is 16.6. The quantitative estimate of drug-likeness (QED) is 0.316. The summed E-state index contributed by atoms with van der Waals surface area (Å²) in [6.07, 6.45) is 1.04. The fourth-order valence-electron chi connectivity index (χ4n) is 4.55. The molecule has 2 atom stereocenters. The van der Waals surface area contributed by atoms with Gasteiger partial charge in [0.2, 0.25) is 11.8 Å². The number of rotatable bonds is 12. The summed E-state index contributed by atoms with van der Waals surface area (Å²) < 4.78 is 5.35. The second kappa shape index (κ2) is 14.5. The third kappa shape index (κ3) is 9.39. The van der Waals surface area contributed by atoms with Gasteiger partial charge in [0.25, 0.3) is 5.91 Å². The van der Waals surface area contributed by atoms with Gasteiger partial charge in [0.15, 0.2) is 0 Å². The van der Waals surface area contributed by atoms with Crippen LogP contribution < -0.4 is 16.4 Å². The van der Waals surface area contributed by atoms with Crippen LogP contribution in [0.3, 0.4) is 0 Å². The molecule has 0 fully saturated rings. The molecular weight excluding hydrogens is 508 g/mol. The van der Waals surface area contributed by atoms with Crippen LogP contribution in [0.5, 0.6) is 0 Å². The van der Waals surface area contributed by atoms with Gasteiger partial charge < -0.3 is 26.0 Å². The van der Waals surface area contributed by atoms with Gasteiger partial charge in [0, 0.05) is 12.2 Å². The number of primary amides is 1. The number of alkyl carbamates (subject to hydrolysis) is 1. The zero-order valence-corrected chi connectivity index (χ0v) is 24.8. The van der Waals surface area contributed by atoms with Gasteiger partial charge in [-0.2, -0.15) is 0 Å². The summed E-state index contributed by atoms with van der Waals surface area (Å²) >= 11 is 0. The molecule has 4 amide bonds. The van der Waals surface area contributed by atoms with Gasteiger partial charge >= 0.3 is 6.09 Å². The number of unbranched alkanes of at least 4 members (excludes halogenated alkanes) is 2. The topological polar surface area (TPSA) is 131 Å². The Kier molecular flexibility index (Phi) is 11.7. The zero-order chi connectivity index (χ0) is 30.0. The Bertz CT molecular complexity index is 1180. The minimum atomic E-state index is -1.31. The SMILES string of the molecule is CCCCCN(C(=O)C(CC(N)=O)NC(=O)OC(C)(C)C)C(C(=O)Nc1ccccc1C)c1c(C)cccc1C. The molecule has 40 heavy (non-hydrogen) atoms. The van der Waals surface area contributed by atoms with Gasteiger partial charge in [-0.05, 0) is 76.3 Å². The number of carbonyl (C=O) groups is 4. The Morgan fingerprint density at radius 1 is 0.925 bits per heavy atom. The number of nitrogens with two attached hydrogens (primary N) is 1. The van der Waals surface area contributed by atoms with Crippen LogP contribution in [-0.2, 0) is 19.1 Å². The molecule has 0 aliphatic rings. The lowest BCUT2D eigenvalue weighted by Gasteiger charge is -2.35. The first-order valence-corrected chi connectivity index (χ1v) is 13.8. The van der Waals surface area contributed by atoms with E-state index in [0.717, 1.165) is 29.5 Å². The molecule has 9 nitrogen and oxygen atoms in total. The molecule has 9 heteroatoms. The molecule has 0 spiro atoms. The summed E-state index contributed by atoms with van der Waals surface area (Å²) in [5.41, 5.74) is 8.54. The van der Waals surface area contributed by atoms with E-state index in [4.69, 9.17) is 10.5 Å². The summed E-state index contributed by atoms with van der Waals surface area (Å²) in [4.78, 5) is 54.4. The van der Waals surface area contributed by atoms with Gasteiger partial charge in [0.05, 0.1) is 6.42 Å². The lowest BCUT2D eigenvalue weighted by atomic mass is 9.93. The average Bonchev–Trinajstić information content (AvgIpc) is 2.84. The molecule has 0 aliphatic heterocycles. The number of para-hydroxylation sites is 1. The van der Waals surface area contributed by atoms with Crippen LogP contribution in [0.1, 0.15) is 81.7 Å². The molecule has 0 aliphatic carbocycles. The van der Waals surface area contributed by atoms with Crippen LogP contribution in [0.2, 0.25) is 0 Å². The van der Waals surface area contributed by atoms with Crippen LogP contribution in [0, 0.1) is 20.8 Å². The molecule has 0 radical (unpaired) electrons. The van der Waals surface area contributed by atoms with Crippen LogP contribution in [0.15, 0.2) is 42.5 Å². The third-order valence-electron chi connectivity index (χ3n) is 6.46. The number of carbonyl (C=O) groups excluding carboxylic acids is 4. The van der Waals surface area contributed by atoms with Crippen LogP contribution >= 0.6 is 0 Å². The highest BCUT2D eigenvalue weighted by molar-refractivity contribution is 6.00. The Balaban J connectivity index is 2.63. The molecule has 2 rings (SSSR count). The first-order valence-electron chi connectivity index (χ1n) is 13.8. The van der Waals surface area contributed by atoms with Gasteiger partial charge in [0.1, 0.15) is 17.7 Å². The summed E-state index contributed by atoms with van der Waals surface area (Å²) in [5.74, 6) is -1.75. The van der Waals surface area contributed by atoms with Crippen molar-refractivity contribution in [1.82, 2.24) is 10.2 Å². The average molecular weight is 553 g/mol. The standard InChI is InChI=1S/C31H44N4O5/c1-8-9-12-18-35(29(38)24(19-25(32)36)34-30(39)40-31(5,6)7)27(26-21(3)15-13-16-22(26)4)28(37)33-23-17-11-10-14-20(23)2/h10-11,13-17,24,27H,8-9,12,18-19H2,1-7H3,(H2,32,36)(H,33,37)(H,34,39). The van der Waals surface area contributed by atoms with Crippen molar-refractivity contribution >= 4 is 29.5 Å². The van der Waals surface area contributed by atoms with E-state index in [9.17, 15) is 19.2 Å². The van der Waals surface area contributed by atoms with E-state index in [-0.39, 0.29) is 6.54 Å². The van der Waals surface area contributed by atoms with Crippen molar-refractivity contribution in [3.8, 4) is 0 Å². The zero-order valence-electron chi connectivity index (χ0n) is 24.8. The van der Waals surface area contributed by atoms with E-state index < -0.39 is 47.9 Å². The number of benzene rings is 2. The predicted molar refractivity (Wildman–Crippen MR) is 157 cm³/mol. The fourth-order valence-corrected chi connectivity index (χ4v) is 4.55. The normalized spacial score (nSPS) is 12.7. The molecule has 0 bridgehead atoms. The molecule has 4 N–H and O–H groups in total.